The first-order valence-corrected chi connectivity index (χ1v) is 9.35. The Morgan fingerprint density at radius 1 is 0.964 bits per heavy atom. The summed E-state index contributed by atoms with van der Waals surface area (Å²) in [6.07, 6.45) is 0.0966. The van der Waals surface area contributed by atoms with Gasteiger partial charge in [0.25, 0.3) is 11.8 Å². The number of hydrogen-bond acceptors (Lipinski definition) is 3. The fraction of sp³-hybridized carbons (Fsp3) is 0.286. The van der Waals surface area contributed by atoms with E-state index in [-0.39, 0.29) is 24.2 Å². The average molecular weight is 402 g/mol. The van der Waals surface area contributed by atoms with E-state index in [4.69, 9.17) is 11.6 Å². The highest BCUT2D eigenvalue weighted by Crippen LogP contribution is 2.10. The molecule has 3 amide bonds. The van der Waals surface area contributed by atoms with Crippen molar-refractivity contribution in [1.29, 1.82) is 0 Å². The van der Waals surface area contributed by atoms with Gasteiger partial charge in [-0.25, -0.2) is 0 Å². The molecular weight excluding hydrogens is 378 g/mol. The fourth-order valence-corrected chi connectivity index (χ4v) is 2.75. The molecule has 0 saturated heterocycles. The third-order valence-corrected chi connectivity index (χ3v) is 4.48. The number of carbonyl (C=O) groups is 3. The molecule has 0 saturated carbocycles. The van der Waals surface area contributed by atoms with Crippen LogP contribution in [0.5, 0.6) is 0 Å². The molecule has 0 aliphatic carbocycles. The molecule has 6 nitrogen and oxygen atoms in total. The van der Waals surface area contributed by atoms with Crippen LogP contribution in [0.1, 0.15) is 35.3 Å². The van der Waals surface area contributed by atoms with Crippen molar-refractivity contribution >= 4 is 29.3 Å². The maximum absolute atomic E-state index is 12.5. The molecular formula is C21H24ClN3O3. The van der Waals surface area contributed by atoms with Gasteiger partial charge in [-0.15, -0.1) is 0 Å². The van der Waals surface area contributed by atoms with Gasteiger partial charge in [-0.3, -0.25) is 25.2 Å². The summed E-state index contributed by atoms with van der Waals surface area (Å²) in [5.74, 6) is -1.36. The summed E-state index contributed by atoms with van der Waals surface area (Å²) in [6.45, 7) is 5.46. The summed E-state index contributed by atoms with van der Waals surface area (Å²) < 4.78 is 0. The molecule has 0 aromatic heterocycles. The quantitative estimate of drug-likeness (QED) is 0.650. The Bertz CT molecular complexity index is 850. The third-order valence-electron chi connectivity index (χ3n) is 4.23. The van der Waals surface area contributed by atoms with Crippen LogP contribution >= 0.6 is 11.6 Å². The van der Waals surface area contributed by atoms with Crippen LogP contribution in [-0.4, -0.2) is 23.8 Å². The molecule has 0 aliphatic rings. The van der Waals surface area contributed by atoms with Gasteiger partial charge in [0, 0.05) is 10.6 Å². The first-order chi connectivity index (χ1) is 13.3. The van der Waals surface area contributed by atoms with E-state index in [2.05, 4.69) is 16.2 Å². The summed E-state index contributed by atoms with van der Waals surface area (Å²) >= 11 is 5.82. The van der Waals surface area contributed by atoms with Crippen LogP contribution in [0, 0.1) is 12.8 Å². The molecule has 28 heavy (non-hydrogen) atoms. The Morgan fingerprint density at radius 3 is 2.21 bits per heavy atom. The lowest BCUT2D eigenvalue weighted by Crippen LogP contribution is -2.54. The molecule has 0 spiro atoms. The van der Waals surface area contributed by atoms with E-state index in [0.29, 0.717) is 10.6 Å². The highest BCUT2D eigenvalue weighted by Gasteiger charge is 2.25. The number of halogens is 1. The third kappa shape index (κ3) is 6.09. The standard InChI is InChI=1S/C21H24ClN3O3/c1-13(2)19(23-20(27)17-7-5-4-6-14(17)3)21(28)25-24-18(26)12-15-8-10-16(22)11-9-15/h4-11,13,19H,12H2,1-3H3,(H,23,27)(H,24,26)(H,25,28)/t19-/m0/s1. The zero-order valence-electron chi connectivity index (χ0n) is 16.1. The number of benzene rings is 2. The summed E-state index contributed by atoms with van der Waals surface area (Å²) in [6, 6.07) is 13.2. The lowest BCUT2D eigenvalue weighted by molar-refractivity contribution is -0.130. The Hall–Kier alpha value is -2.86. The fourth-order valence-electron chi connectivity index (χ4n) is 2.62. The smallest absolute Gasteiger partial charge is 0.261 e. The monoisotopic (exact) mass is 401 g/mol. The van der Waals surface area contributed by atoms with Gasteiger partial charge in [0.05, 0.1) is 6.42 Å². The molecule has 1 atom stereocenters. The van der Waals surface area contributed by atoms with Crippen molar-refractivity contribution in [2.24, 2.45) is 5.92 Å². The average Bonchev–Trinajstić information content (AvgIpc) is 2.66. The number of nitrogens with one attached hydrogen (secondary N) is 3. The van der Waals surface area contributed by atoms with Gasteiger partial charge in [-0.2, -0.15) is 0 Å². The number of carbonyl (C=O) groups excluding carboxylic acids is 3. The van der Waals surface area contributed by atoms with Crippen molar-refractivity contribution in [1.82, 2.24) is 16.2 Å². The molecule has 0 fully saturated rings. The van der Waals surface area contributed by atoms with E-state index in [1.807, 2.05) is 32.9 Å². The number of aryl methyl sites for hydroxylation is 1. The van der Waals surface area contributed by atoms with Gasteiger partial charge in [0.15, 0.2) is 0 Å². The molecule has 148 valence electrons. The van der Waals surface area contributed by atoms with E-state index in [1.54, 1.807) is 36.4 Å². The van der Waals surface area contributed by atoms with Crippen molar-refractivity contribution in [3.63, 3.8) is 0 Å². The lowest BCUT2D eigenvalue weighted by atomic mass is 10.0. The topological polar surface area (TPSA) is 87.3 Å². The lowest BCUT2D eigenvalue weighted by Gasteiger charge is -2.22. The van der Waals surface area contributed by atoms with Gasteiger partial charge >= 0.3 is 0 Å². The maximum atomic E-state index is 12.5. The summed E-state index contributed by atoms with van der Waals surface area (Å²) in [4.78, 5) is 37.0. The SMILES string of the molecule is Cc1ccccc1C(=O)N[C@H](C(=O)NNC(=O)Cc1ccc(Cl)cc1)C(C)C. The molecule has 0 heterocycles. The van der Waals surface area contributed by atoms with Crippen LogP contribution in [0.25, 0.3) is 0 Å². The minimum atomic E-state index is -0.789. The summed E-state index contributed by atoms with van der Waals surface area (Å²) in [5, 5.41) is 3.32. The van der Waals surface area contributed by atoms with Crippen LogP contribution in [0.4, 0.5) is 0 Å². The highest BCUT2D eigenvalue weighted by molar-refractivity contribution is 6.30. The number of rotatable bonds is 6. The second-order valence-corrected chi connectivity index (χ2v) is 7.29. The second-order valence-electron chi connectivity index (χ2n) is 6.85. The molecule has 0 bridgehead atoms. The van der Waals surface area contributed by atoms with Crippen LogP contribution in [0.3, 0.4) is 0 Å². The molecule has 3 N–H and O–H groups in total. The number of amides is 3. The van der Waals surface area contributed by atoms with E-state index in [0.717, 1.165) is 11.1 Å². The molecule has 0 aliphatic heterocycles. The molecule has 7 heteroatoms. The van der Waals surface area contributed by atoms with Crippen molar-refractivity contribution in [2.45, 2.75) is 33.2 Å². The van der Waals surface area contributed by atoms with E-state index in [1.165, 1.54) is 0 Å². The van der Waals surface area contributed by atoms with Crippen LogP contribution in [-0.2, 0) is 16.0 Å². The predicted octanol–water partition coefficient (Wildman–Crippen LogP) is 2.79. The Kier molecular flexibility index (Phi) is 7.58. The van der Waals surface area contributed by atoms with Crippen molar-refractivity contribution in [3.8, 4) is 0 Å². The van der Waals surface area contributed by atoms with E-state index >= 15 is 0 Å². The zero-order chi connectivity index (χ0) is 20.7. The van der Waals surface area contributed by atoms with Crippen LogP contribution < -0.4 is 16.2 Å². The summed E-state index contributed by atoms with van der Waals surface area (Å²) in [5.41, 5.74) is 6.86. The van der Waals surface area contributed by atoms with Crippen molar-refractivity contribution in [2.75, 3.05) is 0 Å². The zero-order valence-corrected chi connectivity index (χ0v) is 16.8. The Labute approximate surface area is 169 Å². The van der Waals surface area contributed by atoms with Crippen molar-refractivity contribution in [3.05, 3.63) is 70.2 Å². The maximum Gasteiger partial charge on any atom is 0.261 e. The van der Waals surface area contributed by atoms with Gasteiger partial charge < -0.3 is 5.32 Å². The minimum Gasteiger partial charge on any atom is -0.340 e. The van der Waals surface area contributed by atoms with E-state index < -0.39 is 11.9 Å². The molecule has 2 aromatic rings. The van der Waals surface area contributed by atoms with Gasteiger partial charge in [-0.1, -0.05) is 55.8 Å². The largest absolute Gasteiger partial charge is 0.340 e. The molecule has 0 radical (unpaired) electrons. The second kappa shape index (κ2) is 9.90. The van der Waals surface area contributed by atoms with Gasteiger partial charge in [-0.05, 0) is 42.2 Å². The molecule has 2 rings (SSSR count). The number of hydrogen-bond donors (Lipinski definition) is 3. The first-order valence-electron chi connectivity index (χ1n) is 8.97. The van der Waals surface area contributed by atoms with Gasteiger partial charge in [0.1, 0.15) is 6.04 Å². The van der Waals surface area contributed by atoms with Gasteiger partial charge in [0.2, 0.25) is 5.91 Å². The molecule has 0 unspecified atom stereocenters. The minimum absolute atomic E-state index is 0.0966. The van der Waals surface area contributed by atoms with E-state index in [9.17, 15) is 14.4 Å². The normalized spacial score (nSPS) is 11.6. The number of hydrazine groups is 1. The Morgan fingerprint density at radius 2 is 1.61 bits per heavy atom. The van der Waals surface area contributed by atoms with Crippen LogP contribution in [0.15, 0.2) is 48.5 Å². The summed E-state index contributed by atoms with van der Waals surface area (Å²) in [7, 11) is 0. The Balaban J connectivity index is 1.93. The first kappa shape index (κ1) is 21.4. The highest BCUT2D eigenvalue weighted by atomic mass is 35.5. The molecule has 2 aromatic carbocycles. The van der Waals surface area contributed by atoms with Crippen molar-refractivity contribution < 1.29 is 14.4 Å². The predicted molar refractivity (Wildman–Crippen MR) is 109 cm³/mol. The van der Waals surface area contributed by atoms with Crippen LogP contribution in [0.2, 0.25) is 5.02 Å².